The molecule has 0 unspecified atom stereocenters. The minimum atomic E-state index is -3.84. The van der Waals surface area contributed by atoms with E-state index in [1.807, 2.05) is 6.92 Å². The van der Waals surface area contributed by atoms with E-state index in [0.717, 1.165) is 25.3 Å². The fraction of sp³-hybridized carbons (Fsp3) is 0.467. The zero-order valence-corrected chi connectivity index (χ0v) is 12.8. The number of hydrogen-bond donors (Lipinski definition) is 2. The minimum absolute atomic E-state index is 0.00388. The summed E-state index contributed by atoms with van der Waals surface area (Å²) >= 11 is 0. The van der Waals surface area contributed by atoms with Crippen molar-refractivity contribution >= 4 is 10.0 Å². The summed E-state index contributed by atoms with van der Waals surface area (Å²) in [4.78, 5) is -0.344. The van der Waals surface area contributed by atoms with E-state index < -0.39 is 15.8 Å². The van der Waals surface area contributed by atoms with Crippen molar-refractivity contribution in [3.05, 3.63) is 29.6 Å². The van der Waals surface area contributed by atoms with Gasteiger partial charge in [0.2, 0.25) is 10.0 Å². The molecule has 1 aromatic carbocycles. The molecule has 0 aromatic heterocycles. The molecule has 0 saturated heterocycles. The first-order valence-electron chi connectivity index (χ1n) is 6.84. The van der Waals surface area contributed by atoms with Crippen LogP contribution < -0.4 is 10.5 Å². The lowest BCUT2D eigenvalue weighted by Gasteiger charge is -2.38. The van der Waals surface area contributed by atoms with Crippen molar-refractivity contribution in [3.8, 4) is 11.8 Å². The fourth-order valence-corrected chi connectivity index (χ4v) is 3.51. The molecule has 1 aliphatic carbocycles. The molecule has 1 saturated carbocycles. The van der Waals surface area contributed by atoms with Crippen molar-refractivity contribution < 1.29 is 12.8 Å². The van der Waals surface area contributed by atoms with Gasteiger partial charge in [0.15, 0.2) is 0 Å². The quantitative estimate of drug-likeness (QED) is 0.830. The summed E-state index contributed by atoms with van der Waals surface area (Å²) in [5.74, 6) is 4.46. The molecule has 4 nitrogen and oxygen atoms in total. The van der Waals surface area contributed by atoms with E-state index >= 15 is 0 Å². The van der Waals surface area contributed by atoms with Crippen molar-refractivity contribution in [2.45, 2.75) is 31.1 Å². The van der Waals surface area contributed by atoms with Crippen molar-refractivity contribution in [1.29, 1.82) is 0 Å². The van der Waals surface area contributed by atoms with Gasteiger partial charge in [0.1, 0.15) is 10.7 Å². The van der Waals surface area contributed by atoms with Gasteiger partial charge in [-0.25, -0.2) is 17.5 Å². The molecule has 0 aliphatic heterocycles. The van der Waals surface area contributed by atoms with Crippen LogP contribution in [0.25, 0.3) is 0 Å². The number of sulfonamides is 1. The lowest BCUT2D eigenvalue weighted by Crippen LogP contribution is -2.40. The highest BCUT2D eigenvalue weighted by atomic mass is 32.2. The van der Waals surface area contributed by atoms with Gasteiger partial charge in [-0.2, -0.15) is 0 Å². The largest absolute Gasteiger partial charge is 0.320 e. The number of nitrogens with two attached hydrogens (primary N) is 1. The average molecular weight is 310 g/mol. The van der Waals surface area contributed by atoms with Crippen LogP contribution in [0.1, 0.15) is 31.7 Å². The van der Waals surface area contributed by atoms with Gasteiger partial charge in [-0.15, -0.1) is 0 Å². The molecule has 2 rings (SSSR count). The Balaban J connectivity index is 2.16. The van der Waals surface area contributed by atoms with E-state index in [2.05, 4.69) is 16.6 Å². The predicted molar refractivity (Wildman–Crippen MR) is 79.5 cm³/mol. The molecule has 0 atom stereocenters. The maximum Gasteiger partial charge on any atom is 0.243 e. The van der Waals surface area contributed by atoms with Crippen LogP contribution in [0.3, 0.4) is 0 Å². The van der Waals surface area contributed by atoms with E-state index in [4.69, 9.17) is 5.73 Å². The van der Waals surface area contributed by atoms with Gasteiger partial charge in [-0.1, -0.05) is 25.2 Å². The lowest BCUT2D eigenvalue weighted by atomic mass is 9.71. The Morgan fingerprint density at radius 3 is 2.67 bits per heavy atom. The van der Waals surface area contributed by atoms with Gasteiger partial charge < -0.3 is 5.73 Å². The summed E-state index contributed by atoms with van der Waals surface area (Å²) in [5.41, 5.74) is 5.64. The van der Waals surface area contributed by atoms with E-state index in [9.17, 15) is 12.8 Å². The van der Waals surface area contributed by atoms with Gasteiger partial charge in [-0.05, 0) is 36.5 Å². The van der Waals surface area contributed by atoms with Gasteiger partial charge in [0, 0.05) is 12.1 Å². The summed E-state index contributed by atoms with van der Waals surface area (Å²) in [5, 5.41) is 0. The van der Waals surface area contributed by atoms with E-state index in [1.165, 1.54) is 12.1 Å². The molecule has 1 aromatic rings. The van der Waals surface area contributed by atoms with Crippen molar-refractivity contribution in [2.24, 2.45) is 11.1 Å². The van der Waals surface area contributed by atoms with Crippen LogP contribution in [-0.2, 0) is 10.0 Å². The van der Waals surface area contributed by atoms with Gasteiger partial charge >= 0.3 is 0 Å². The fourth-order valence-electron chi connectivity index (χ4n) is 2.25. The molecule has 0 heterocycles. The molecule has 21 heavy (non-hydrogen) atoms. The first-order valence-corrected chi connectivity index (χ1v) is 8.33. The highest BCUT2D eigenvalue weighted by Crippen LogP contribution is 2.39. The van der Waals surface area contributed by atoms with Crippen molar-refractivity contribution in [3.63, 3.8) is 0 Å². The minimum Gasteiger partial charge on any atom is -0.320 e. The van der Waals surface area contributed by atoms with Crippen LogP contribution in [0.2, 0.25) is 0 Å². The molecular weight excluding hydrogens is 291 g/mol. The summed E-state index contributed by atoms with van der Waals surface area (Å²) < 4.78 is 40.8. The Labute approximate surface area is 125 Å². The molecule has 0 bridgehead atoms. The third-order valence-corrected chi connectivity index (χ3v) is 5.24. The molecular formula is C15H19FN2O2S. The zero-order chi connectivity index (χ0) is 15.5. The van der Waals surface area contributed by atoms with E-state index in [-0.39, 0.29) is 16.9 Å². The monoisotopic (exact) mass is 310 g/mol. The first kappa shape index (κ1) is 16.0. The lowest BCUT2D eigenvalue weighted by molar-refractivity contribution is 0.166. The average Bonchev–Trinajstić information content (AvgIpc) is 2.40. The summed E-state index contributed by atoms with van der Waals surface area (Å²) in [6.45, 7) is 2.53. The maximum absolute atomic E-state index is 14.0. The Hall–Kier alpha value is -1.42. The number of nitrogens with one attached hydrogen (secondary N) is 1. The Bertz CT molecular complexity index is 685. The molecule has 0 spiro atoms. The Morgan fingerprint density at radius 2 is 2.14 bits per heavy atom. The SMILES string of the molecule is CC1(CNS(=O)(=O)c2ccc(C#CCN)cc2F)CCC1. The van der Waals surface area contributed by atoms with Crippen LogP contribution in [-0.4, -0.2) is 21.5 Å². The summed E-state index contributed by atoms with van der Waals surface area (Å²) in [7, 11) is -3.84. The third kappa shape index (κ3) is 3.82. The second-order valence-corrected chi connectivity index (χ2v) is 7.38. The smallest absolute Gasteiger partial charge is 0.243 e. The van der Waals surface area contributed by atoms with Gasteiger partial charge in [-0.3, -0.25) is 0 Å². The van der Waals surface area contributed by atoms with Crippen molar-refractivity contribution in [2.75, 3.05) is 13.1 Å². The normalized spacial score (nSPS) is 16.7. The highest BCUT2D eigenvalue weighted by Gasteiger charge is 2.33. The molecule has 1 aliphatic rings. The molecule has 1 fully saturated rings. The van der Waals surface area contributed by atoms with Crippen LogP contribution in [0.4, 0.5) is 4.39 Å². The summed E-state index contributed by atoms with van der Waals surface area (Å²) in [6, 6.07) is 3.83. The van der Waals surface area contributed by atoms with Crippen molar-refractivity contribution in [1.82, 2.24) is 4.72 Å². The topological polar surface area (TPSA) is 72.2 Å². The maximum atomic E-state index is 14.0. The molecule has 114 valence electrons. The van der Waals surface area contributed by atoms with Crippen LogP contribution in [0, 0.1) is 23.1 Å². The van der Waals surface area contributed by atoms with Gasteiger partial charge in [0.05, 0.1) is 6.54 Å². The molecule has 6 heteroatoms. The van der Waals surface area contributed by atoms with Crippen LogP contribution in [0.5, 0.6) is 0 Å². The molecule has 0 radical (unpaired) electrons. The standard InChI is InChI=1S/C15H19FN2O2S/c1-15(7-3-8-15)11-18-21(19,20)14-6-5-12(4-2-9-17)10-13(14)16/h5-6,10,18H,3,7-9,11,17H2,1H3. The zero-order valence-electron chi connectivity index (χ0n) is 11.9. The highest BCUT2D eigenvalue weighted by molar-refractivity contribution is 7.89. The first-order chi connectivity index (χ1) is 9.86. The predicted octanol–water partition coefficient (Wildman–Crippen LogP) is 1.60. The number of halogens is 1. The van der Waals surface area contributed by atoms with Crippen LogP contribution in [0.15, 0.2) is 23.1 Å². The third-order valence-electron chi connectivity index (χ3n) is 3.81. The number of rotatable bonds is 4. The van der Waals surface area contributed by atoms with Gasteiger partial charge in [0.25, 0.3) is 0 Å². The molecule has 3 N–H and O–H groups in total. The van der Waals surface area contributed by atoms with E-state index in [1.54, 1.807) is 0 Å². The summed E-state index contributed by atoms with van der Waals surface area (Å²) in [6.07, 6.45) is 3.10. The Kier molecular flexibility index (Phi) is 4.67. The van der Waals surface area contributed by atoms with E-state index in [0.29, 0.717) is 12.1 Å². The second-order valence-electron chi connectivity index (χ2n) is 5.64. The number of hydrogen-bond acceptors (Lipinski definition) is 3. The molecule has 0 amide bonds. The Morgan fingerprint density at radius 1 is 1.43 bits per heavy atom. The van der Waals surface area contributed by atoms with Crippen LogP contribution >= 0.6 is 0 Å². The second kappa shape index (κ2) is 6.14. The number of benzene rings is 1.